The van der Waals surface area contributed by atoms with E-state index in [1.807, 2.05) is 6.92 Å². The Balaban J connectivity index is 2.18. The molecule has 0 bridgehead atoms. The molecule has 0 saturated heterocycles. The van der Waals surface area contributed by atoms with Crippen molar-refractivity contribution in [1.29, 1.82) is 0 Å². The van der Waals surface area contributed by atoms with Crippen LogP contribution in [-0.2, 0) is 6.61 Å². The van der Waals surface area contributed by atoms with E-state index in [1.165, 1.54) is 12.1 Å². The van der Waals surface area contributed by atoms with E-state index in [9.17, 15) is 9.50 Å². The number of hydrogen-bond donors (Lipinski definition) is 1. The molecule has 0 heterocycles. The van der Waals surface area contributed by atoms with Gasteiger partial charge < -0.3 is 9.84 Å². The van der Waals surface area contributed by atoms with Crippen LogP contribution in [0.2, 0.25) is 5.02 Å². The van der Waals surface area contributed by atoms with Gasteiger partial charge in [0.15, 0.2) is 0 Å². The van der Waals surface area contributed by atoms with Crippen molar-refractivity contribution < 1.29 is 14.2 Å². The van der Waals surface area contributed by atoms with Crippen molar-refractivity contribution in [2.75, 3.05) is 0 Å². The normalized spacial score (nSPS) is 12.2. The Morgan fingerprint density at radius 1 is 1.25 bits per heavy atom. The second kappa shape index (κ2) is 6.25. The predicted molar refractivity (Wildman–Crippen MR) is 77.6 cm³/mol. The quantitative estimate of drug-likeness (QED) is 0.904. The smallest absolute Gasteiger partial charge is 0.125 e. The fourth-order valence-electron chi connectivity index (χ4n) is 1.95. The van der Waals surface area contributed by atoms with Crippen molar-refractivity contribution in [3.8, 4) is 5.75 Å². The van der Waals surface area contributed by atoms with E-state index >= 15 is 0 Å². The molecule has 0 aliphatic heterocycles. The highest BCUT2D eigenvalue weighted by Gasteiger charge is 2.11. The SMILES string of the molecule is Cc1cc(F)ccc1COc1ccc(Cl)cc1C(C)O. The Bertz CT molecular complexity index is 611. The summed E-state index contributed by atoms with van der Waals surface area (Å²) in [5.74, 6) is 0.315. The van der Waals surface area contributed by atoms with Gasteiger partial charge in [0, 0.05) is 10.6 Å². The maximum absolute atomic E-state index is 13.0. The maximum Gasteiger partial charge on any atom is 0.125 e. The minimum absolute atomic E-state index is 0.262. The monoisotopic (exact) mass is 294 g/mol. The summed E-state index contributed by atoms with van der Waals surface area (Å²) in [6, 6.07) is 9.69. The third-order valence-electron chi connectivity index (χ3n) is 3.11. The predicted octanol–water partition coefficient (Wildman–Crippen LogP) is 4.42. The number of aryl methyl sites for hydroxylation is 1. The number of ether oxygens (including phenoxy) is 1. The minimum Gasteiger partial charge on any atom is -0.489 e. The highest BCUT2D eigenvalue weighted by Crippen LogP contribution is 2.29. The Kier molecular flexibility index (Phi) is 4.63. The van der Waals surface area contributed by atoms with Gasteiger partial charge in [-0.25, -0.2) is 4.39 Å². The van der Waals surface area contributed by atoms with E-state index in [1.54, 1.807) is 31.2 Å². The summed E-state index contributed by atoms with van der Waals surface area (Å²) in [5, 5.41) is 10.3. The molecule has 106 valence electrons. The zero-order chi connectivity index (χ0) is 14.7. The van der Waals surface area contributed by atoms with E-state index in [2.05, 4.69) is 0 Å². The van der Waals surface area contributed by atoms with Crippen LogP contribution < -0.4 is 4.74 Å². The van der Waals surface area contributed by atoms with Gasteiger partial charge in [-0.1, -0.05) is 17.7 Å². The van der Waals surface area contributed by atoms with Crippen LogP contribution >= 0.6 is 11.6 Å². The van der Waals surface area contributed by atoms with Crippen molar-refractivity contribution >= 4 is 11.6 Å². The zero-order valence-electron chi connectivity index (χ0n) is 11.4. The van der Waals surface area contributed by atoms with Crippen LogP contribution in [-0.4, -0.2) is 5.11 Å². The topological polar surface area (TPSA) is 29.5 Å². The Hall–Kier alpha value is -1.58. The Labute approximate surface area is 122 Å². The van der Waals surface area contributed by atoms with Crippen molar-refractivity contribution in [3.63, 3.8) is 0 Å². The first-order chi connectivity index (χ1) is 9.47. The highest BCUT2D eigenvalue weighted by atomic mass is 35.5. The number of halogens is 2. The first-order valence-electron chi connectivity index (χ1n) is 6.32. The van der Waals surface area contributed by atoms with E-state index in [0.29, 0.717) is 22.9 Å². The van der Waals surface area contributed by atoms with Crippen LogP contribution in [0.3, 0.4) is 0 Å². The molecule has 0 saturated carbocycles. The molecule has 20 heavy (non-hydrogen) atoms. The van der Waals surface area contributed by atoms with E-state index in [-0.39, 0.29) is 5.82 Å². The molecule has 2 nitrogen and oxygen atoms in total. The average Bonchev–Trinajstić information content (AvgIpc) is 2.38. The largest absolute Gasteiger partial charge is 0.489 e. The van der Waals surface area contributed by atoms with E-state index in [0.717, 1.165) is 11.1 Å². The van der Waals surface area contributed by atoms with Crippen LogP contribution in [0.25, 0.3) is 0 Å². The second-order valence-electron chi connectivity index (χ2n) is 4.72. The molecule has 2 aromatic carbocycles. The molecular weight excluding hydrogens is 279 g/mol. The van der Waals surface area contributed by atoms with Crippen molar-refractivity contribution in [3.05, 3.63) is 63.9 Å². The van der Waals surface area contributed by atoms with Gasteiger partial charge in [0.05, 0.1) is 6.10 Å². The van der Waals surface area contributed by atoms with Gasteiger partial charge in [0.2, 0.25) is 0 Å². The average molecular weight is 295 g/mol. The molecule has 0 radical (unpaired) electrons. The number of aliphatic hydroxyl groups is 1. The minimum atomic E-state index is -0.669. The highest BCUT2D eigenvalue weighted by molar-refractivity contribution is 6.30. The summed E-state index contributed by atoms with van der Waals surface area (Å²) in [4.78, 5) is 0. The van der Waals surface area contributed by atoms with Gasteiger partial charge >= 0.3 is 0 Å². The molecule has 0 aromatic heterocycles. The molecule has 2 aromatic rings. The van der Waals surface area contributed by atoms with Crippen molar-refractivity contribution in [2.24, 2.45) is 0 Å². The fraction of sp³-hybridized carbons (Fsp3) is 0.250. The Morgan fingerprint density at radius 3 is 2.65 bits per heavy atom. The molecule has 1 unspecified atom stereocenters. The molecule has 2 rings (SSSR count). The van der Waals surface area contributed by atoms with E-state index < -0.39 is 6.10 Å². The van der Waals surface area contributed by atoms with Gasteiger partial charge in [-0.3, -0.25) is 0 Å². The summed E-state index contributed by atoms with van der Waals surface area (Å²) < 4.78 is 18.8. The molecule has 0 aliphatic carbocycles. The molecule has 0 spiro atoms. The molecule has 0 amide bonds. The zero-order valence-corrected chi connectivity index (χ0v) is 12.1. The summed E-state index contributed by atoms with van der Waals surface area (Å²) in [7, 11) is 0. The first-order valence-corrected chi connectivity index (χ1v) is 6.70. The third kappa shape index (κ3) is 3.50. The fourth-order valence-corrected chi connectivity index (χ4v) is 2.13. The lowest BCUT2D eigenvalue weighted by Gasteiger charge is -2.14. The summed E-state index contributed by atoms with van der Waals surface area (Å²) in [6.07, 6.45) is -0.669. The van der Waals surface area contributed by atoms with Crippen LogP contribution in [0.4, 0.5) is 4.39 Å². The molecule has 1 atom stereocenters. The number of hydrogen-bond acceptors (Lipinski definition) is 2. The molecular formula is C16H16ClFO2. The lowest BCUT2D eigenvalue weighted by Crippen LogP contribution is -2.02. The second-order valence-corrected chi connectivity index (χ2v) is 5.15. The van der Waals surface area contributed by atoms with Crippen molar-refractivity contribution in [2.45, 2.75) is 26.6 Å². The lowest BCUT2D eigenvalue weighted by atomic mass is 10.1. The lowest BCUT2D eigenvalue weighted by molar-refractivity contribution is 0.190. The standard InChI is InChI=1S/C16H16ClFO2/c1-10-7-14(18)5-3-12(10)9-20-16-6-4-13(17)8-15(16)11(2)19/h3-8,11,19H,9H2,1-2H3. The van der Waals surface area contributed by atoms with Gasteiger partial charge in [-0.2, -0.15) is 0 Å². The van der Waals surface area contributed by atoms with Crippen LogP contribution in [0.5, 0.6) is 5.75 Å². The number of benzene rings is 2. The van der Waals surface area contributed by atoms with Crippen molar-refractivity contribution in [1.82, 2.24) is 0 Å². The summed E-state index contributed by atoms with van der Waals surface area (Å²) in [5.41, 5.74) is 2.37. The summed E-state index contributed by atoms with van der Waals surface area (Å²) in [6.45, 7) is 3.80. The number of aliphatic hydroxyl groups excluding tert-OH is 1. The van der Waals surface area contributed by atoms with Crippen LogP contribution in [0.1, 0.15) is 29.7 Å². The molecule has 0 aliphatic rings. The van der Waals surface area contributed by atoms with Gasteiger partial charge in [0.25, 0.3) is 0 Å². The van der Waals surface area contributed by atoms with Gasteiger partial charge in [0.1, 0.15) is 18.2 Å². The molecule has 0 fully saturated rings. The summed E-state index contributed by atoms with van der Waals surface area (Å²) >= 11 is 5.91. The van der Waals surface area contributed by atoms with Crippen LogP contribution in [0.15, 0.2) is 36.4 Å². The molecule has 4 heteroatoms. The molecule has 1 N–H and O–H groups in total. The Morgan fingerprint density at radius 2 is 2.00 bits per heavy atom. The number of rotatable bonds is 4. The van der Waals surface area contributed by atoms with Crippen LogP contribution in [0, 0.1) is 12.7 Å². The van der Waals surface area contributed by atoms with Gasteiger partial charge in [-0.15, -0.1) is 0 Å². The third-order valence-corrected chi connectivity index (χ3v) is 3.34. The first kappa shape index (κ1) is 14.8. The maximum atomic E-state index is 13.0. The van der Waals surface area contributed by atoms with E-state index in [4.69, 9.17) is 16.3 Å². The van der Waals surface area contributed by atoms with Gasteiger partial charge in [-0.05, 0) is 55.3 Å².